The summed E-state index contributed by atoms with van der Waals surface area (Å²) in [5.74, 6) is 0.117. The average Bonchev–Trinajstić information content (AvgIpc) is 3.38. The Bertz CT molecular complexity index is 1170. The fraction of sp³-hybridized carbons (Fsp3) is 0.500. The quantitative estimate of drug-likeness (QED) is 0.650. The predicted octanol–water partition coefficient (Wildman–Crippen LogP) is 3.81. The van der Waals surface area contributed by atoms with Crippen LogP contribution in [0, 0.1) is 11.3 Å². The number of amides is 1. The van der Waals surface area contributed by atoms with Gasteiger partial charge in [-0.1, -0.05) is 6.92 Å². The average molecular weight is 420 g/mol. The minimum atomic E-state index is -0.153. The molecule has 2 aromatic heterocycles. The number of hydrogen-bond acceptors (Lipinski definition) is 4. The van der Waals surface area contributed by atoms with Gasteiger partial charge in [0.05, 0.1) is 17.3 Å². The highest BCUT2D eigenvalue weighted by Crippen LogP contribution is 2.47. The van der Waals surface area contributed by atoms with Crippen LogP contribution >= 0.6 is 0 Å². The number of aromatic amines is 1. The third-order valence-electron chi connectivity index (χ3n) is 7.30. The van der Waals surface area contributed by atoms with Crippen LogP contribution < -0.4 is 0 Å². The third-order valence-corrected chi connectivity index (χ3v) is 7.30. The lowest BCUT2D eigenvalue weighted by molar-refractivity contribution is 0.0348. The van der Waals surface area contributed by atoms with Crippen molar-refractivity contribution in [1.29, 1.82) is 0 Å². The fourth-order valence-electron chi connectivity index (χ4n) is 5.13. The maximum Gasteiger partial charge on any atom is 0.253 e. The molecule has 3 heterocycles. The smallest absolute Gasteiger partial charge is 0.253 e. The zero-order valence-corrected chi connectivity index (χ0v) is 18.6. The molecule has 1 aliphatic heterocycles. The lowest BCUT2D eigenvalue weighted by Crippen LogP contribution is -2.50. The van der Waals surface area contributed by atoms with E-state index in [1.807, 2.05) is 34.7 Å². The van der Waals surface area contributed by atoms with Crippen LogP contribution in [-0.2, 0) is 12.0 Å². The Morgan fingerprint density at radius 2 is 1.97 bits per heavy atom. The van der Waals surface area contributed by atoms with Gasteiger partial charge in [0.25, 0.3) is 5.91 Å². The molecule has 0 radical (unpaired) electrons. The highest BCUT2D eigenvalue weighted by molar-refractivity contribution is 5.99. The van der Waals surface area contributed by atoms with Gasteiger partial charge in [0, 0.05) is 41.7 Å². The summed E-state index contributed by atoms with van der Waals surface area (Å²) in [6.45, 7) is 9.68. The number of piperidine rings is 1. The Balaban J connectivity index is 1.35. The Labute approximate surface area is 181 Å². The molecule has 1 amide bonds. The summed E-state index contributed by atoms with van der Waals surface area (Å²) in [4.78, 5) is 28.2. The molecular formula is C24H29N5O2. The van der Waals surface area contributed by atoms with E-state index in [-0.39, 0.29) is 28.6 Å². The molecule has 1 aliphatic carbocycles. The van der Waals surface area contributed by atoms with Crippen molar-refractivity contribution in [2.75, 3.05) is 13.1 Å². The summed E-state index contributed by atoms with van der Waals surface area (Å²) in [6, 6.07) is 5.65. The van der Waals surface area contributed by atoms with Crippen molar-refractivity contribution in [2.45, 2.75) is 52.5 Å². The summed E-state index contributed by atoms with van der Waals surface area (Å²) in [7, 11) is 0. The van der Waals surface area contributed by atoms with Gasteiger partial charge in [-0.3, -0.25) is 19.4 Å². The standard InChI is InChI=1S/C24H29N5O2/c1-15-21(30)20-18(14-29(27-20)23(2,3)4)12-24(15)7-9-28(10-8-24)22(31)16-5-6-19-17(11-16)13-25-26-19/h5-6,11,13-15H,7-10,12H2,1-4H3,(H,25,26). The van der Waals surface area contributed by atoms with Crippen LogP contribution in [0.1, 0.15) is 66.9 Å². The normalized spacial score (nSPS) is 21.0. The van der Waals surface area contributed by atoms with E-state index in [1.165, 1.54) is 0 Å². The first-order valence-electron chi connectivity index (χ1n) is 11.0. The van der Waals surface area contributed by atoms with Crippen molar-refractivity contribution >= 4 is 22.6 Å². The van der Waals surface area contributed by atoms with Crippen molar-refractivity contribution in [3.63, 3.8) is 0 Å². The molecule has 1 atom stereocenters. The number of ketones is 1. The number of H-pyrrole nitrogens is 1. The Kier molecular flexibility index (Phi) is 4.36. The van der Waals surface area contributed by atoms with Gasteiger partial charge in [0.1, 0.15) is 5.69 Å². The summed E-state index contributed by atoms with van der Waals surface area (Å²) in [5, 5.41) is 12.5. The van der Waals surface area contributed by atoms with E-state index in [1.54, 1.807) is 6.20 Å². The third kappa shape index (κ3) is 3.18. The molecule has 2 aliphatic rings. The molecule has 1 fully saturated rings. The van der Waals surface area contributed by atoms with Gasteiger partial charge < -0.3 is 4.90 Å². The molecule has 3 aromatic rings. The van der Waals surface area contributed by atoms with Crippen LogP contribution in [-0.4, -0.2) is 49.7 Å². The van der Waals surface area contributed by atoms with Crippen molar-refractivity contribution in [3.8, 4) is 0 Å². The molecule has 31 heavy (non-hydrogen) atoms. The monoisotopic (exact) mass is 419 g/mol. The summed E-state index contributed by atoms with van der Waals surface area (Å²) >= 11 is 0. The topological polar surface area (TPSA) is 83.9 Å². The van der Waals surface area contributed by atoms with Gasteiger partial charge in [0.15, 0.2) is 5.78 Å². The number of benzene rings is 1. The number of carbonyl (C=O) groups is 2. The van der Waals surface area contributed by atoms with E-state index in [4.69, 9.17) is 0 Å². The van der Waals surface area contributed by atoms with Crippen LogP contribution in [0.2, 0.25) is 0 Å². The second-order valence-corrected chi connectivity index (χ2v) is 10.2. The molecule has 0 saturated carbocycles. The van der Waals surface area contributed by atoms with E-state index in [0.29, 0.717) is 24.3 Å². The van der Waals surface area contributed by atoms with Crippen molar-refractivity contribution in [1.82, 2.24) is 24.9 Å². The Morgan fingerprint density at radius 3 is 2.68 bits per heavy atom. The highest BCUT2D eigenvalue weighted by Gasteiger charge is 2.48. The number of rotatable bonds is 1. The maximum atomic E-state index is 13.2. The molecular weight excluding hydrogens is 390 g/mol. The molecule has 0 bridgehead atoms. The number of aromatic nitrogens is 4. The number of fused-ring (bicyclic) bond motifs is 2. The number of Topliss-reactive ketones (excluding diaryl/α,β-unsaturated/α-hetero) is 1. The van der Waals surface area contributed by atoms with Gasteiger partial charge in [0.2, 0.25) is 0 Å². The fourth-order valence-corrected chi connectivity index (χ4v) is 5.13. The molecule has 1 N–H and O–H groups in total. The van der Waals surface area contributed by atoms with Gasteiger partial charge >= 0.3 is 0 Å². The molecule has 1 spiro atoms. The van der Waals surface area contributed by atoms with Crippen LogP contribution in [0.4, 0.5) is 0 Å². The van der Waals surface area contributed by atoms with E-state index in [2.05, 4.69) is 42.3 Å². The summed E-state index contributed by atoms with van der Waals surface area (Å²) in [6.07, 6.45) is 6.31. The predicted molar refractivity (Wildman–Crippen MR) is 118 cm³/mol. The zero-order valence-electron chi connectivity index (χ0n) is 18.6. The largest absolute Gasteiger partial charge is 0.339 e. The SMILES string of the molecule is CC1C(=O)c2nn(C(C)(C)C)cc2CC12CCN(C(=O)c1ccc3[nH]ncc3c1)CC2. The maximum absolute atomic E-state index is 13.2. The second-order valence-electron chi connectivity index (χ2n) is 10.2. The lowest BCUT2D eigenvalue weighted by Gasteiger charge is -2.47. The molecule has 1 unspecified atom stereocenters. The Hall–Kier alpha value is -2.96. The minimum absolute atomic E-state index is 0.0500. The van der Waals surface area contributed by atoms with Crippen LogP contribution in [0.15, 0.2) is 30.6 Å². The second kappa shape index (κ2) is 6.77. The van der Waals surface area contributed by atoms with Crippen molar-refractivity contribution in [2.24, 2.45) is 11.3 Å². The molecule has 1 saturated heterocycles. The van der Waals surface area contributed by atoms with Gasteiger partial charge in [-0.2, -0.15) is 10.2 Å². The van der Waals surface area contributed by atoms with Gasteiger partial charge in [-0.15, -0.1) is 0 Å². The minimum Gasteiger partial charge on any atom is -0.339 e. The van der Waals surface area contributed by atoms with Crippen molar-refractivity contribution in [3.05, 3.63) is 47.4 Å². The lowest BCUT2D eigenvalue weighted by atomic mass is 9.61. The molecule has 162 valence electrons. The number of nitrogens with zero attached hydrogens (tertiary/aromatic N) is 4. The molecule has 5 rings (SSSR count). The molecule has 7 heteroatoms. The van der Waals surface area contributed by atoms with Crippen LogP contribution in [0.5, 0.6) is 0 Å². The number of hydrogen-bond donors (Lipinski definition) is 1. The number of carbonyl (C=O) groups excluding carboxylic acids is 2. The van der Waals surface area contributed by atoms with Gasteiger partial charge in [-0.05, 0) is 63.6 Å². The van der Waals surface area contributed by atoms with E-state index < -0.39 is 0 Å². The van der Waals surface area contributed by atoms with E-state index >= 15 is 0 Å². The molecule has 7 nitrogen and oxygen atoms in total. The van der Waals surface area contributed by atoms with E-state index in [0.717, 1.165) is 35.7 Å². The zero-order chi connectivity index (χ0) is 22.0. The highest BCUT2D eigenvalue weighted by atomic mass is 16.2. The number of likely N-dealkylation sites (tertiary alicyclic amines) is 1. The summed E-state index contributed by atoms with van der Waals surface area (Å²) in [5.41, 5.74) is 3.06. The van der Waals surface area contributed by atoms with Crippen LogP contribution in [0.3, 0.4) is 0 Å². The molecule has 1 aromatic carbocycles. The van der Waals surface area contributed by atoms with Crippen LogP contribution in [0.25, 0.3) is 10.9 Å². The van der Waals surface area contributed by atoms with E-state index in [9.17, 15) is 9.59 Å². The van der Waals surface area contributed by atoms with Crippen molar-refractivity contribution < 1.29 is 9.59 Å². The first-order valence-corrected chi connectivity index (χ1v) is 11.0. The summed E-state index contributed by atoms with van der Waals surface area (Å²) < 4.78 is 1.92. The van der Waals surface area contributed by atoms with Gasteiger partial charge in [-0.25, -0.2) is 0 Å². The number of nitrogens with one attached hydrogen (secondary N) is 1. The first kappa shape index (κ1) is 20.0. The Morgan fingerprint density at radius 1 is 1.23 bits per heavy atom. The first-order chi connectivity index (χ1) is 14.7.